The molecule has 1 heterocycles. The van der Waals surface area contributed by atoms with Crippen LogP contribution in [0.4, 0.5) is 0 Å². The monoisotopic (exact) mass is 340 g/mol. The molecular weight excluding hydrogens is 333 g/mol. The molecule has 1 aromatic rings. The molecule has 0 saturated carbocycles. The molecule has 0 radical (unpaired) electrons. The van der Waals surface area contributed by atoms with Gasteiger partial charge in [0.25, 0.3) is 0 Å². The number of hydrogen-bond donors (Lipinski definition) is 0. The summed E-state index contributed by atoms with van der Waals surface area (Å²) in [6.45, 7) is 2.21. The number of hydrogen-bond acceptors (Lipinski definition) is 1. The van der Waals surface area contributed by atoms with Crippen molar-refractivity contribution >= 4 is 65.3 Å². The molecule has 0 N–H and O–H groups in total. The zero-order valence-corrected chi connectivity index (χ0v) is 11.5. The van der Waals surface area contributed by atoms with Gasteiger partial charge < -0.3 is 0 Å². The predicted molar refractivity (Wildman–Crippen MR) is 56.0 cm³/mol. The van der Waals surface area contributed by atoms with Crippen LogP contribution in [0.5, 0.6) is 0 Å². The molecule has 0 aliphatic rings. The van der Waals surface area contributed by atoms with Crippen LogP contribution in [0.2, 0.25) is 14.0 Å². The molecule has 0 aliphatic carbocycles. The van der Waals surface area contributed by atoms with E-state index in [0.29, 0.717) is 13.1 Å². The van der Waals surface area contributed by atoms with Crippen LogP contribution < -0.4 is 4.46 Å². The van der Waals surface area contributed by atoms with Gasteiger partial charge in [0.2, 0.25) is 0 Å². The van der Waals surface area contributed by atoms with Gasteiger partial charge >= 0.3 is 92.2 Å². The van der Waals surface area contributed by atoms with E-state index in [2.05, 4.69) is 6.92 Å². The van der Waals surface area contributed by atoms with Crippen molar-refractivity contribution in [1.29, 1.82) is 0 Å². The van der Waals surface area contributed by atoms with E-state index >= 15 is 0 Å². The van der Waals surface area contributed by atoms with Gasteiger partial charge in [0.05, 0.1) is 0 Å². The number of rotatable bonds is 3. The Balaban J connectivity index is 2.62. The third-order valence-corrected chi connectivity index (χ3v) is 10.5. The third kappa shape index (κ3) is 3.28. The van der Waals surface area contributed by atoms with Crippen LogP contribution >= 0.6 is 34.5 Å². The third-order valence-electron chi connectivity index (χ3n) is 0.892. The Hall–Kier alpha value is 1.32. The molecule has 0 amide bonds. The maximum absolute atomic E-state index is 5.94. The summed E-state index contributed by atoms with van der Waals surface area (Å²) >= 11 is 14.5. The molecule has 62 valence electrons. The second-order valence-corrected chi connectivity index (χ2v) is 11.3. The van der Waals surface area contributed by atoms with Crippen LogP contribution in [0, 0.1) is 0 Å². The molecule has 0 bridgehead atoms. The fourth-order valence-corrected chi connectivity index (χ4v) is 9.03. The normalized spacial score (nSPS) is 10.5. The van der Waals surface area contributed by atoms with Crippen LogP contribution in [0.1, 0.15) is 6.92 Å². The van der Waals surface area contributed by atoms with Crippen molar-refractivity contribution < 1.29 is 0 Å². The molecule has 0 unspecified atom stereocenters. The van der Waals surface area contributed by atoms with E-state index in [4.69, 9.17) is 23.2 Å². The average molecular weight is 339 g/mol. The summed E-state index contributed by atoms with van der Waals surface area (Å²) in [5.41, 5.74) is 0. The van der Waals surface area contributed by atoms with Gasteiger partial charge in [-0.15, -0.1) is 0 Å². The topological polar surface area (TPSA) is 0 Å². The summed E-state index contributed by atoms with van der Waals surface area (Å²) in [7, 11) is 0. The van der Waals surface area contributed by atoms with Crippen molar-refractivity contribution in [2.24, 2.45) is 0 Å². The first-order valence-corrected chi connectivity index (χ1v) is 11.0. The molecule has 5 heteroatoms. The summed E-state index contributed by atoms with van der Waals surface area (Å²) in [5.74, 6) is 0. The molecule has 0 atom stereocenters. The molecule has 0 aliphatic heterocycles. The standard InChI is InChI=1S/C6H6Cl2SSe2/c1-2-10-11-4-3-5(7)9-6(4)8/h3H,2H2,1H3. The fourth-order valence-electron chi connectivity index (χ4n) is 0.504. The summed E-state index contributed by atoms with van der Waals surface area (Å²) in [4.78, 5) is 0. The molecule has 1 aromatic heterocycles. The van der Waals surface area contributed by atoms with E-state index in [1.165, 1.54) is 21.1 Å². The Kier molecular flexibility index (Phi) is 4.86. The molecule has 0 spiro atoms. The first-order valence-electron chi connectivity index (χ1n) is 2.98. The first kappa shape index (κ1) is 10.4. The van der Waals surface area contributed by atoms with E-state index in [-0.39, 0.29) is 0 Å². The van der Waals surface area contributed by atoms with Crippen molar-refractivity contribution in [3.8, 4) is 0 Å². The second-order valence-electron chi connectivity index (χ2n) is 1.68. The summed E-state index contributed by atoms with van der Waals surface area (Å²) in [6, 6.07) is 2.01. The van der Waals surface area contributed by atoms with Crippen molar-refractivity contribution in [3.05, 3.63) is 14.7 Å². The average Bonchev–Trinajstić information content (AvgIpc) is 2.26. The molecule has 0 fully saturated rings. The predicted octanol–water partition coefficient (Wildman–Crippen LogP) is 2.44. The molecule has 0 nitrogen and oxygen atoms in total. The quantitative estimate of drug-likeness (QED) is 0.743. The van der Waals surface area contributed by atoms with Gasteiger partial charge in [-0.3, -0.25) is 0 Å². The van der Waals surface area contributed by atoms with Crippen LogP contribution in [0.3, 0.4) is 0 Å². The Morgan fingerprint density at radius 1 is 1.55 bits per heavy atom. The Morgan fingerprint density at radius 2 is 2.27 bits per heavy atom. The van der Waals surface area contributed by atoms with Gasteiger partial charge in [-0.2, -0.15) is 0 Å². The van der Waals surface area contributed by atoms with Gasteiger partial charge in [0.1, 0.15) is 0 Å². The summed E-state index contributed by atoms with van der Waals surface area (Å²) in [5, 5.41) is 1.29. The van der Waals surface area contributed by atoms with Crippen molar-refractivity contribution in [1.82, 2.24) is 0 Å². The Labute approximate surface area is 91.5 Å². The zero-order chi connectivity index (χ0) is 8.27. The van der Waals surface area contributed by atoms with E-state index in [9.17, 15) is 0 Å². The zero-order valence-electron chi connectivity index (χ0n) is 5.77. The number of thiophene rings is 1. The first-order chi connectivity index (χ1) is 5.24. The van der Waals surface area contributed by atoms with Crippen molar-refractivity contribution in [3.63, 3.8) is 0 Å². The van der Waals surface area contributed by atoms with Gasteiger partial charge in [-0.25, -0.2) is 0 Å². The molecule has 0 saturated heterocycles. The van der Waals surface area contributed by atoms with E-state index in [0.717, 1.165) is 21.8 Å². The van der Waals surface area contributed by atoms with Gasteiger partial charge in [-0.1, -0.05) is 0 Å². The minimum atomic E-state index is 0.586. The van der Waals surface area contributed by atoms with E-state index in [1.807, 2.05) is 6.07 Å². The Morgan fingerprint density at radius 3 is 2.73 bits per heavy atom. The second kappa shape index (κ2) is 5.14. The summed E-state index contributed by atoms with van der Waals surface area (Å²) < 4.78 is 3.00. The molecule has 0 aromatic carbocycles. The van der Waals surface area contributed by atoms with E-state index in [1.54, 1.807) is 0 Å². The Bertz CT molecular complexity index is 236. The molecular formula is C6H6Cl2SSe2. The fraction of sp³-hybridized carbons (Fsp3) is 0.333. The van der Waals surface area contributed by atoms with Gasteiger partial charge in [0.15, 0.2) is 0 Å². The molecule has 11 heavy (non-hydrogen) atoms. The van der Waals surface area contributed by atoms with Crippen molar-refractivity contribution in [2.45, 2.75) is 12.2 Å². The van der Waals surface area contributed by atoms with Crippen LogP contribution in [-0.4, -0.2) is 26.3 Å². The van der Waals surface area contributed by atoms with Crippen LogP contribution in [0.25, 0.3) is 0 Å². The van der Waals surface area contributed by atoms with Gasteiger partial charge in [0, 0.05) is 0 Å². The van der Waals surface area contributed by atoms with Crippen LogP contribution in [-0.2, 0) is 0 Å². The maximum atomic E-state index is 5.94. The van der Waals surface area contributed by atoms with Crippen molar-refractivity contribution in [2.75, 3.05) is 0 Å². The van der Waals surface area contributed by atoms with Gasteiger partial charge in [-0.05, 0) is 0 Å². The molecule has 1 rings (SSSR count). The van der Waals surface area contributed by atoms with E-state index < -0.39 is 0 Å². The summed E-state index contributed by atoms with van der Waals surface area (Å²) in [6.07, 6.45) is 0. The van der Waals surface area contributed by atoms with Crippen LogP contribution in [0.15, 0.2) is 6.07 Å². The minimum absolute atomic E-state index is 0.586. The number of halogens is 2. The SMILES string of the molecule is CC[Se][Se]c1cc(Cl)sc1Cl.